The van der Waals surface area contributed by atoms with Gasteiger partial charge in [-0.15, -0.1) is 0 Å². The normalized spacial score (nSPS) is 12.1. The maximum atomic E-state index is 11.8. The number of carboxylic acids is 1. The quantitative estimate of drug-likeness (QED) is 0.653. The number of carboxylic acid groups (broad SMARTS) is 1. The van der Waals surface area contributed by atoms with Gasteiger partial charge < -0.3 is 5.11 Å². The van der Waals surface area contributed by atoms with Crippen LogP contribution in [0.25, 0.3) is 0 Å². The van der Waals surface area contributed by atoms with Crippen LogP contribution in [0.4, 0.5) is 0 Å². The van der Waals surface area contributed by atoms with Crippen molar-refractivity contribution in [2.45, 2.75) is 46.5 Å². The summed E-state index contributed by atoms with van der Waals surface area (Å²) in [6.45, 7) is 9.90. The molecule has 0 saturated heterocycles. The highest BCUT2D eigenvalue weighted by Gasteiger charge is 2.34. The molecule has 0 heterocycles. The van der Waals surface area contributed by atoms with E-state index in [0.29, 0.717) is 12.0 Å². The highest BCUT2D eigenvalue weighted by atomic mass is 17.1. The number of carbonyl (C=O) groups excluding carboxylic acids is 1. The molecule has 1 aromatic carbocycles. The smallest absolute Gasteiger partial charge is 0.373 e. The van der Waals surface area contributed by atoms with E-state index in [1.807, 2.05) is 34.6 Å². The van der Waals surface area contributed by atoms with Gasteiger partial charge in [0.2, 0.25) is 0 Å². The van der Waals surface area contributed by atoms with E-state index in [-0.39, 0.29) is 16.5 Å². The third kappa shape index (κ3) is 4.04. The van der Waals surface area contributed by atoms with Crippen molar-refractivity contribution in [2.75, 3.05) is 0 Å². The lowest BCUT2D eigenvalue weighted by Crippen LogP contribution is -2.29. The van der Waals surface area contributed by atoms with Crippen LogP contribution in [0.1, 0.15) is 67.3 Å². The van der Waals surface area contributed by atoms with Gasteiger partial charge in [0.25, 0.3) is 0 Å². The second-order valence-corrected chi connectivity index (χ2v) is 7.03. The monoisotopic (exact) mass is 294 g/mol. The Morgan fingerprint density at radius 3 is 2.05 bits per heavy atom. The molecule has 0 aliphatic carbocycles. The molecule has 0 amide bonds. The molecule has 0 spiro atoms. The summed E-state index contributed by atoms with van der Waals surface area (Å²) in [5, 5.41) is 18.0. The van der Waals surface area contributed by atoms with Crippen LogP contribution in [0.15, 0.2) is 18.2 Å². The van der Waals surface area contributed by atoms with Crippen molar-refractivity contribution >= 4 is 11.9 Å². The Kier molecular flexibility index (Phi) is 4.79. The molecule has 2 N–H and O–H groups in total. The van der Waals surface area contributed by atoms with E-state index < -0.39 is 17.4 Å². The molecule has 1 rings (SSSR count). The zero-order valence-corrected chi connectivity index (χ0v) is 13.1. The van der Waals surface area contributed by atoms with Crippen molar-refractivity contribution < 1.29 is 24.8 Å². The zero-order chi connectivity index (χ0) is 16.4. The summed E-state index contributed by atoms with van der Waals surface area (Å²) < 4.78 is 0. The summed E-state index contributed by atoms with van der Waals surface area (Å²) in [6.07, 6.45) is 0.663. The first kappa shape index (κ1) is 17.2. The average molecular weight is 294 g/mol. The molecule has 0 aliphatic rings. The highest BCUT2D eigenvalue weighted by molar-refractivity contribution is 5.97. The summed E-state index contributed by atoms with van der Waals surface area (Å²) in [6, 6.07) is 4.38. The second kappa shape index (κ2) is 5.85. The SMILES string of the molecule is CC(C)(C)CC(C)(C)c1c(C(=O)O)cccc1C(=O)OO. The van der Waals surface area contributed by atoms with Gasteiger partial charge in [0.15, 0.2) is 0 Å². The van der Waals surface area contributed by atoms with Crippen LogP contribution in [-0.4, -0.2) is 22.3 Å². The summed E-state index contributed by atoms with van der Waals surface area (Å²) in [5.74, 6) is -2.06. The predicted octanol–water partition coefficient (Wildman–Crippen LogP) is 3.73. The number of benzene rings is 1. The Bertz CT molecular complexity index is 552. The van der Waals surface area contributed by atoms with Crippen LogP contribution in [0, 0.1) is 5.41 Å². The van der Waals surface area contributed by atoms with Crippen molar-refractivity contribution in [1.29, 1.82) is 0 Å². The van der Waals surface area contributed by atoms with Crippen LogP contribution >= 0.6 is 0 Å². The van der Waals surface area contributed by atoms with Gasteiger partial charge in [-0.2, -0.15) is 5.26 Å². The molecule has 0 fully saturated rings. The lowest BCUT2D eigenvalue weighted by Gasteiger charge is -2.34. The standard InChI is InChI=1S/C16H22O5/c1-15(2,3)9-16(4,5)12-10(13(17)18)7-6-8-11(12)14(19)21-20/h6-8,20H,9H2,1-5H3,(H,17,18). The van der Waals surface area contributed by atoms with Crippen LogP contribution in [0.5, 0.6) is 0 Å². The van der Waals surface area contributed by atoms with Gasteiger partial charge in [0.05, 0.1) is 11.1 Å². The molecule has 0 atom stereocenters. The van der Waals surface area contributed by atoms with Crippen molar-refractivity contribution in [3.05, 3.63) is 34.9 Å². The van der Waals surface area contributed by atoms with Crippen molar-refractivity contribution in [3.63, 3.8) is 0 Å². The van der Waals surface area contributed by atoms with E-state index in [2.05, 4.69) is 4.89 Å². The maximum absolute atomic E-state index is 11.8. The third-order valence-corrected chi connectivity index (χ3v) is 3.25. The molecule has 0 bridgehead atoms. The molecule has 5 nitrogen and oxygen atoms in total. The fourth-order valence-corrected chi connectivity index (χ4v) is 3.09. The van der Waals surface area contributed by atoms with E-state index >= 15 is 0 Å². The first-order valence-electron chi connectivity index (χ1n) is 6.72. The fourth-order valence-electron chi connectivity index (χ4n) is 3.09. The number of aromatic carboxylic acids is 1. The van der Waals surface area contributed by atoms with Gasteiger partial charge in [-0.3, -0.25) is 4.89 Å². The van der Waals surface area contributed by atoms with E-state index in [4.69, 9.17) is 5.26 Å². The first-order valence-corrected chi connectivity index (χ1v) is 6.72. The molecule has 21 heavy (non-hydrogen) atoms. The Hall–Kier alpha value is -1.88. The van der Waals surface area contributed by atoms with Gasteiger partial charge in [-0.1, -0.05) is 40.7 Å². The fraction of sp³-hybridized carbons (Fsp3) is 0.500. The minimum Gasteiger partial charge on any atom is -0.478 e. The van der Waals surface area contributed by atoms with Gasteiger partial charge in [0.1, 0.15) is 0 Å². The first-order chi connectivity index (χ1) is 9.49. The van der Waals surface area contributed by atoms with E-state index in [0.717, 1.165) is 0 Å². The topological polar surface area (TPSA) is 83.8 Å². The van der Waals surface area contributed by atoms with E-state index in [1.165, 1.54) is 18.2 Å². The Balaban J connectivity index is 3.56. The van der Waals surface area contributed by atoms with Crippen LogP contribution in [0.3, 0.4) is 0 Å². The summed E-state index contributed by atoms with van der Waals surface area (Å²) in [5.41, 5.74) is -0.128. The van der Waals surface area contributed by atoms with Crippen LogP contribution in [-0.2, 0) is 10.3 Å². The summed E-state index contributed by atoms with van der Waals surface area (Å²) in [7, 11) is 0. The van der Waals surface area contributed by atoms with Gasteiger partial charge in [-0.25, -0.2) is 9.59 Å². The number of hydrogen-bond acceptors (Lipinski definition) is 4. The predicted molar refractivity (Wildman–Crippen MR) is 78.5 cm³/mol. The maximum Gasteiger partial charge on any atom is 0.373 e. The molecule has 0 saturated carbocycles. The lowest BCUT2D eigenvalue weighted by atomic mass is 9.69. The Labute approximate surface area is 124 Å². The molecular formula is C16H22O5. The minimum absolute atomic E-state index is 0.0483. The van der Waals surface area contributed by atoms with Crippen molar-refractivity contribution in [3.8, 4) is 0 Å². The Morgan fingerprint density at radius 1 is 1.10 bits per heavy atom. The second-order valence-electron chi connectivity index (χ2n) is 7.03. The van der Waals surface area contributed by atoms with Gasteiger partial charge in [-0.05, 0) is 34.9 Å². The average Bonchev–Trinajstić information content (AvgIpc) is 2.34. The van der Waals surface area contributed by atoms with Crippen LogP contribution in [0.2, 0.25) is 0 Å². The lowest BCUT2D eigenvalue weighted by molar-refractivity contribution is -0.183. The Morgan fingerprint density at radius 2 is 1.62 bits per heavy atom. The summed E-state index contributed by atoms with van der Waals surface area (Å²) in [4.78, 5) is 27.0. The van der Waals surface area contributed by atoms with E-state index in [9.17, 15) is 14.7 Å². The number of hydrogen-bond donors (Lipinski definition) is 2. The van der Waals surface area contributed by atoms with Gasteiger partial charge in [0, 0.05) is 0 Å². The molecule has 0 aliphatic heterocycles. The third-order valence-electron chi connectivity index (χ3n) is 3.25. The zero-order valence-electron chi connectivity index (χ0n) is 13.1. The molecule has 5 heteroatoms. The number of carbonyl (C=O) groups is 2. The molecule has 0 radical (unpaired) electrons. The summed E-state index contributed by atoms with van der Waals surface area (Å²) >= 11 is 0. The molecule has 1 aromatic rings. The van der Waals surface area contributed by atoms with Gasteiger partial charge >= 0.3 is 11.9 Å². The van der Waals surface area contributed by atoms with Crippen LogP contribution < -0.4 is 0 Å². The number of rotatable bonds is 4. The largest absolute Gasteiger partial charge is 0.478 e. The molecular weight excluding hydrogens is 272 g/mol. The highest BCUT2D eigenvalue weighted by Crippen LogP contribution is 2.39. The molecule has 116 valence electrons. The minimum atomic E-state index is -1.11. The molecule has 0 aromatic heterocycles. The van der Waals surface area contributed by atoms with E-state index in [1.54, 1.807) is 0 Å². The molecule has 0 unspecified atom stereocenters. The van der Waals surface area contributed by atoms with Crippen molar-refractivity contribution in [2.24, 2.45) is 5.41 Å². The van der Waals surface area contributed by atoms with Crippen molar-refractivity contribution in [1.82, 2.24) is 0 Å².